The Kier molecular flexibility index (Phi) is 6.88. The Morgan fingerprint density at radius 2 is 1.88 bits per heavy atom. The van der Waals surface area contributed by atoms with E-state index >= 15 is 0 Å². The minimum absolute atomic E-state index is 0. The first-order valence-electron chi connectivity index (χ1n) is 4.16. The molecule has 1 nitrogen and oxygen atoms in total. The van der Waals surface area contributed by atoms with Gasteiger partial charge in [0, 0.05) is 5.56 Å². The maximum atomic E-state index is 13.0. The van der Waals surface area contributed by atoms with E-state index in [0.29, 0.717) is 0 Å². The van der Waals surface area contributed by atoms with E-state index in [0.717, 1.165) is 12.1 Å². The summed E-state index contributed by atoms with van der Waals surface area (Å²) in [5, 5.41) is 0. The molecular formula is C9H8BF4KO. The molecule has 0 radical (unpaired) electrons. The number of ether oxygens (including phenoxy) is 1. The molecule has 1 aromatic carbocycles. The number of para-hydroxylation sites is 1. The normalized spacial score (nSPS) is 11.3. The maximum Gasteiger partial charge on any atom is 1.00 e. The molecule has 0 heterocycles. The first-order chi connectivity index (χ1) is 6.94. The van der Waals surface area contributed by atoms with E-state index in [4.69, 9.17) is 0 Å². The molecule has 16 heavy (non-hydrogen) atoms. The first kappa shape index (κ1) is 16.2. The molecule has 7 heteroatoms. The van der Waals surface area contributed by atoms with Crippen molar-refractivity contribution in [1.82, 2.24) is 0 Å². The van der Waals surface area contributed by atoms with Gasteiger partial charge in [-0.15, -0.1) is 5.98 Å². The third kappa shape index (κ3) is 5.01. The number of rotatable bonds is 3. The minimum atomic E-state index is -5.02. The van der Waals surface area contributed by atoms with Crippen molar-refractivity contribution in [2.24, 2.45) is 0 Å². The number of methoxy groups -OCH3 is 1. The van der Waals surface area contributed by atoms with Crippen molar-refractivity contribution in [1.29, 1.82) is 0 Å². The predicted molar refractivity (Wildman–Crippen MR) is 51.1 cm³/mol. The van der Waals surface area contributed by atoms with Crippen LogP contribution < -0.4 is 56.1 Å². The van der Waals surface area contributed by atoms with Crippen molar-refractivity contribution in [3.63, 3.8) is 0 Å². The quantitative estimate of drug-likeness (QED) is 0.557. The summed E-state index contributed by atoms with van der Waals surface area (Å²) in [4.78, 5) is 0. The summed E-state index contributed by atoms with van der Waals surface area (Å²) < 4.78 is 53.4. The second kappa shape index (κ2) is 6.81. The first-order valence-corrected chi connectivity index (χ1v) is 4.16. The van der Waals surface area contributed by atoms with Gasteiger partial charge in [-0.3, -0.25) is 0 Å². The monoisotopic (exact) mass is 258 g/mol. The molecule has 0 fully saturated rings. The van der Waals surface area contributed by atoms with Gasteiger partial charge in [0.15, 0.2) is 11.6 Å². The van der Waals surface area contributed by atoms with Gasteiger partial charge < -0.3 is 17.7 Å². The molecule has 0 N–H and O–H groups in total. The van der Waals surface area contributed by atoms with Gasteiger partial charge in [0.1, 0.15) is 0 Å². The molecule has 0 aliphatic rings. The van der Waals surface area contributed by atoms with Crippen molar-refractivity contribution < 1.29 is 73.5 Å². The van der Waals surface area contributed by atoms with Crippen LogP contribution in [0.3, 0.4) is 0 Å². The van der Waals surface area contributed by atoms with Crippen LogP contribution in [-0.2, 0) is 0 Å². The van der Waals surface area contributed by atoms with Crippen molar-refractivity contribution in [3.05, 3.63) is 35.6 Å². The maximum absolute atomic E-state index is 13.0. The van der Waals surface area contributed by atoms with Crippen LogP contribution in [0.25, 0.3) is 6.08 Å². The number of hydrogen-bond donors (Lipinski definition) is 0. The molecule has 0 aromatic heterocycles. The molecule has 0 unspecified atom stereocenters. The van der Waals surface area contributed by atoms with Gasteiger partial charge in [-0.2, -0.15) is 0 Å². The van der Waals surface area contributed by atoms with Crippen LogP contribution in [-0.4, -0.2) is 14.1 Å². The fourth-order valence-electron chi connectivity index (χ4n) is 1.08. The molecule has 1 aromatic rings. The van der Waals surface area contributed by atoms with Gasteiger partial charge in [0.05, 0.1) is 7.11 Å². The molecule has 0 amide bonds. The number of hydrogen-bond acceptors (Lipinski definition) is 1. The molecule has 0 bridgehead atoms. The zero-order chi connectivity index (χ0) is 11.5. The van der Waals surface area contributed by atoms with Crippen molar-refractivity contribution >= 4 is 13.1 Å². The van der Waals surface area contributed by atoms with Crippen molar-refractivity contribution in [2.45, 2.75) is 0 Å². The van der Waals surface area contributed by atoms with E-state index in [2.05, 4.69) is 4.74 Å². The van der Waals surface area contributed by atoms with Gasteiger partial charge in [0.25, 0.3) is 0 Å². The molecule has 0 aliphatic heterocycles. The average Bonchev–Trinajstić information content (AvgIpc) is 2.13. The third-order valence-corrected chi connectivity index (χ3v) is 1.70. The predicted octanol–water partition coefficient (Wildman–Crippen LogP) is 0.238. The van der Waals surface area contributed by atoms with E-state index < -0.39 is 12.8 Å². The van der Waals surface area contributed by atoms with E-state index in [9.17, 15) is 17.3 Å². The SMILES string of the molecule is COc1c(F)cccc1/C=C/[B-](F)(F)F.[K+]. The summed E-state index contributed by atoms with van der Waals surface area (Å²) in [6.07, 6.45) is 0.794. The summed E-state index contributed by atoms with van der Waals surface area (Å²) in [5.41, 5.74) is 0.0664. The molecular weight excluding hydrogens is 250 g/mol. The van der Waals surface area contributed by atoms with Gasteiger partial charge in [0.2, 0.25) is 0 Å². The molecule has 0 atom stereocenters. The molecule has 0 aliphatic carbocycles. The number of halogens is 4. The average molecular weight is 258 g/mol. The third-order valence-electron chi connectivity index (χ3n) is 1.70. The van der Waals surface area contributed by atoms with Crippen LogP contribution in [0.2, 0.25) is 0 Å². The summed E-state index contributed by atoms with van der Waals surface area (Å²) in [6.45, 7) is -5.02. The molecule has 0 saturated carbocycles. The van der Waals surface area contributed by atoms with E-state index in [1.165, 1.54) is 19.2 Å². The van der Waals surface area contributed by atoms with Crippen LogP contribution in [0.4, 0.5) is 17.3 Å². The molecule has 82 valence electrons. The zero-order valence-electron chi connectivity index (χ0n) is 8.88. The van der Waals surface area contributed by atoms with Gasteiger partial charge in [-0.25, -0.2) is 4.39 Å². The summed E-state index contributed by atoms with van der Waals surface area (Å²) in [5.74, 6) is -0.778. The minimum Gasteiger partial charge on any atom is -0.493 e. The smallest absolute Gasteiger partial charge is 0.493 e. The van der Waals surface area contributed by atoms with Crippen LogP contribution in [0.5, 0.6) is 5.75 Å². The van der Waals surface area contributed by atoms with E-state index in [-0.39, 0.29) is 68.7 Å². The van der Waals surface area contributed by atoms with Crippen LogP contribution in [0.15, 0.2) is 24.2 Å². The summed E-state index contributed by atoms with van der Waals surface area (Å²) in [6, 6.07) is 3.79. The zero-order valence-corrected chi connectivity index (χ0v) is 12.0. The van der Waals surface area contributed by atoms with Crippen LogP contribution >= 0.6 is 0 Å². The van der Waals surface area contributed by atoms with Crippen LogP contribution in [0.1, 0.15) is 5.56 Å². The second-order valence-corrected chi connectivity index (χ2v) is 2.85. The summed E-state index contributed by atoms with van der Waals surface area (Å²) >= 11 is 0. The van der Waals surface area contributed by atoms with Crippen molar-refractivity contribution in [3.8, 4) is 5.75 Å². The Balaban J connectivity index is 0.00000225. The van der Waals surface area contributed by atoms with E-state index in [1.807, 2.05) is 0 Å². The van der Waals surface area contributed by atoms with Gasteiger partial charge >= 0.3 is 58.4 Å². The Morgan fingerprint density at radius 3 is 2.38 bits per heavy atom. The number of benzene rings is 1. The summed E-state index contributed by atoms with van der Waals surface area (Å²) in [7, 11) is 1.20. The largest absolute Gasteiger partial charge is 1.00 e. The van der Waals surface area contributed by atoms with Gasteiger partial charge in [-0.1, -0.05) is 18.2 Å². The Labute approximate surface area is 133 Å². The Bertz CT molecular complexity index is 378. The topological polar surface area (TPSA) is 9.23 Å². The van der Waals surface area contributed by atoms with Gasteiger partial charge in [-0.05, 0) is 6.07 Å². The molecule has 0 saturated heterocycles. The molecule has 1 rings (SSSR count). The molecule has 0 spiro atoms. The Hall–Kier alpha value is 0.181. The fraction of sp³-hybridized carbons (Fsp3) is 0.111. The fourth-order valence-corrected chi connectivity index (χ4v) is 1.08. The van der Waals surface area contributed by atoms with Crippen LogP contribution in [0, 0.1) is 5.82 Å². The Morgan fingerprint density at radius 1 is 1.25 bits per heavy atom. The van der Waals surface area contributed by atoms with E-state index in [1.54, 1.807) is 0 Å². The van der Waals surface area contributed by atoms with Crippen molar-refractivity contribution in [2.75, 3.05) is 7.11 Å². The standard InChI is InChI=1S/C9H8BF4O.K/c1-15-9-7(3-2-4-8(9)11)5-6-10(12,13)14;/h2-6H,1H3;/q-1;+1/b6-5+;. The second-order valence-electron chi connectivity index (χ2n) is 2.85.